The van der Waals surface area contributed by atoms with Crippen molar-refractivity contribution in [2.24, 2.45) is 11.8 Å². The van der Waals surface area contributed by atoms with Crippen LogP contribution in [0.15, 0.2) is 30.6 Å². The number of hydrazine groups is 1. The molecule has 0 saturated heterocycles. The highest BCUT2D eigenvalue weighted by molar-refractivity contribution is 5.74. The SMILES string of the molecule is CCCC(C)C(Cn1cnc2ccccc21)NN. The summed E-state index contributed by atoms with van der Waals surface area (Å²) >= 11 is 0. The molecule has 2 unspecified atom stereocenters. The lowest BCUT2D eigenvalue weighted by atomic mass is 9.97. The molecule has 1 heterocycles. The Morgan fingerprint density at radius 3 is 2.89 bits per heavy atom. The zero-order chi connectivity index (χ0) is 13.0. The molecule has 4 heteroatoms. The van der Waals surface area contributed by atoms with Gasteiger partial charge in [-0.2, -0.15) is 0 Å². The Morgan fingerprint density at radius 2 is 2.17 bits per heavy atom. The summed E-state index contributed by atoms with van der Waals surface area (Å²) in [7, 11) is 0. The standard InChI is InChI=1S/C14H22N4/c1-3-6-11(2)13(17-15)9-18-10-16-12-7-4-5-8-14(12)18/h4-5,7-8,10-11,13,17H,3,6,9,15H2,1-2H3. The molecule has 2 rings (SSSR count). The number of hydrogen-bond acceptors (Lipinski definition) is 3. The number of aromatic nitrogens is 2. The largest absolute Gasteiger partial charge is 0.329 e. The summed E-state index contributed by atoms with van der Waals surface area (Å²) in [5, 5.41) is 0. The van der Waals surface area contributed by atoms with E-state index in [0.29, 0.717) is 5.92 Å². The van der Waals surface area contributed by atoms with Crippen LogP contribution in [0.25, 0.3) is 11.0 Å². The van der Waals surface area contributed by atoms with Gasteiger partial charge in [-0.1, -0.05) is 32.4 Å². The molecule has 0 radical (unpaired) electrons. The Bertz CT molecular complexity index is 491. The van der Waals surface area contributed by atoms with Gasteiger partial charge in [-0.05, 0) is 24.5 Å². The Kier molecular flexibility index (Phi) is 4.33. The van der Waals surface area contributed by atoms with Crippen LogP contribution in [0.5, 0.6) is 0 Å². The van der Waals surface area contributed by atoms with Crippen LogP contribution in [0.4, 0.5) is 0 Å². The van der Waals surface area contributed by atoms with Crippen molar-refractivity contribution < 1.29 is 0 Å². The predicted molar refractivity (Wildman–Crippen MR) is 74.9 cm³/mol. The molecule has 2 aromatic rings. The molecule has 0 aliphatic heterocycles. The van der Waals surface area contributed by atoms with E-state index in [9.17, 15) is 0 Å². The molecule has 0 spiro atoms. The Labute approximate surface area is 108 Å². The van der Waals surface area contributed by atoms with Crippen LogP contribution in [-0.2, 0) is 6.54 Å². The van der Waals surface area contributed by atoms with Gasteiger partial charge in [0.1, 0.15) is 0 Å². The van der Waals surface area contributed by atoms with Crippen molar-refractivity contribution in [3.05, 3.63) is 30.6 Å². The summed E-state index contributed by atoms with van der Waals surface area (Å²) in [6.07, 6.45) is 4.26. The first kappa shape index (κ1) is 13.1. The average Bonchev–Trinajstić information content (AvgIpc) is 2.79. The van der Waals surface area contributed by atoms with E-state index in [-0.39, 0.29) is 6.04 Å². The minimum atomic E-state index is 0.280. The van der Waals surface area contributed by atoms with Crippen LogP contribution < -0.4 is 11.3 Å². The fourth-order valence-electron chi connectivity index (χ4n) is 2.42. The highest BCUT2D eigenvalue weighted by Crippen LogP contribution is 2.16. The van der Waals surface area contributed by atoms with Crippen molar-refractivity contribution in [3.63, 3.8) is 0 Å². The van der Waals surface area contributed by atoms with Gasteiger partial charge < -0.3 is 4.57 Å². The molecule has 0 aliphatic carbocycles. The van der Waals surface area contributed by atoms with Crippen molar-refractivity contribution in [2.75, 3.05) is 0 Å². The molecule has 0 saturated carbocycles. The van der Waals surface area contributed by atoms with E-state index < -0.39 is 0 Å². The minimum absolute atomic E-state index is 0.280. The zero-order valence-corrected chi connectivity index (χ0v) is 11.1. The van der Waals surface area contributed by atoms with E-state index in [1.807, 2.05) is 24.5 Å². The van der Waals surface area contributed by atoms with E-state index in [4.69, 9.17) is 5.84 Å². The maximum Gasteiger partial charge on any atom is 0.0958 e. The van der Waals surface area contributed by atoms with E-state index in [1.165, 1.54) is 18.4 Å². The summed E-state index contributed by atoms with van der Waals surface area (Å²) in [6.45, 7) is 5.31. The van der Waals surface area contributed by atoms with Crippen LogP contribution in [0.2, 0.25) is 0 Å². The normalized spacial score (nSPS) is 14.8. The van der Waals surface area contributed by atoms with Crippen LogP contribution in [0, 0.1) is 5.92 Å². The number of nitrogens with one attached hydrogen (secondary N) is 1. The number of nitrogens with two attached hydrogens (primary N) is 1. The molecule has 0 bridgehead atoms. The van der Waals surface area contributed by atoms with Gasteiger partial charge in [0, 0.05) is 12.6 Å². The number of imidazole rings is 1. The second-order valence-electron chi connectivity index (χ2n) is 4.92. The van der Waals surface area contributed by atoms with Gasteiger partial charge in [-0.15, -0.1) is 0 Å². The molecule has 1 aromatic carbocycles. The highest BCUT2D eigenvalue weighted by Gasteiger charge is 2.16. The first-order chi connectivity index (χ1) is 8.76. The maximum absolute atomic E-state index is 5.68. The lowest BCUT2D eigenvalue weighted by Crippen LogP contribution is -2.42. The van der Waals surface area contributed by atoms with Gasteiger partial charge in [0.05, 0.1) is 17.4 Å². The molecule has 98 valence electrons. The first-order valence-electron chi connectivity index (χ1n) is 6.62. The summed E-state index contributed by atoms with van der Waals surface area (Å²) in [5.41, 5.74) is 5.15. The zero-order valence-electron chi connectivity index (χ0n) is 11.1. The van der Waals surface area contributed by atoms with Crippen LogP contribution >= 0.6 is 0 Å². The van der Waals surface area contributed by atoms with Crippen molar-refractivity contribution in [1.82, 2.24) is 15.0 Å². The van der Waals surface area contributed by atoms with Gasteiger partial charge in [0.15, 0.2) is 0 Å². The van der Waals surface area contributed by atoms with Gasteiger partial charge in [-0.25, -0.2) is 4.98 Å². The molecule has 0 aliphatic rings. The third kappa shape index (κ3) is 2.71. The molecule has 4 nitrogen and oxygen atoms in total. The molecule has 0 amide bonds. The predicted octanol–water partition coefficient (Wildman–Crippen LogP) is 2.30. The maximum atomic E-state index is 5.68. The van der Waals surface area contributed by atoms with Gasteiger partial charge >= 0.3 is 0 Å². The molecule has 18 heavy (non-hydrogen) atoms. The van der Waals surface area contributed by atoms with E-state index >= 15 is 0 Å². The average molecular weight is 246 g/mol. The summed E-state index contributed by atoms with van der Waals surface area (Å²) in [5.74, 6) is 6.24. The van der Waals surface area contributed by atoms with E-state index in [0.717, 1.165) is 12.1 Å². The van der Waals surface area contributed by atoms with Crippen LogP contribution in [0.3, 0.4) is 0 Å². The highest BCUT2D eigenvalue weighted by atomic mass is 15.3. The second-order valence-corrected chi connectivity index (χ2v) is 4.92. The first-order valence-corrected chi connectivity index (χ1v) is 6.62. The van der Waals surface area contributed by atoms with Crippen molar-refractivity contribution in [3.8, 4) is 0 Å². The van der Waals surface area contributed by atoms with Crippen molar-refractivity contribution >= 4 is 11.0 Å². The Hall–Kier alpha value is -1.39. The third-order valence-corrected chi connectivity index (χ3v) is 3.57. The molecule has 2 atom stereocenters. The smallest absolute Gasteiger partial charge is 0.0958 e. The van der Waals surface area contributed by atoms with Crippen molar-refractivity contribution in [1.29, 1.82) is 0 Å². The minimum Gasteiger partial charge on any atom is -0.329 e. The number of benzene rings is 1. The summed E-state index contributed by atoms with van der Waals surface area (Å²) < 4.78 is 2.17. The third-order valence-electron chi connectivity index (χ3n) is 3.57. The van der Waals surface area contributed by atoms with Gasteiger partial charge in [0.2, 0.25) is 0 Å². The fourth-order valence-corrected chi connectivity index (χ4v) is 2.42. The lowest BCUT2D eigenvalue weighted by molar-refractivity contribution is 0.326. The van der Waals surface area contributed by atoms with Crippen molar-refractivity contribution in [2.45, 2.75) is 39.3 Å². The number of para-hydroxylation sites is 2. The number of hydrogen-bond donors (Lipinski definition) is 2. The molecular formula is C14H22N4. The summed E-state index contributed by atoms with van der Waals surface area (Å²) in [4.78, 5) is 4.41. The molecular weight excluding hydrogens is 224 g/mol. The topological polar surface area (TPSA) is 55.9 Å². The van der Waals surface area contributed by atoms with Gasteiger partial charge in [-0.3, -0.25) is 11.3 Å². The van der Waals surface area contributed by atoms with E-state index in [2.05, 4.69) is 34.9 Å². The van der Waals surface area contributed by atoms with Crippen LogP contribution in [0.1, 0.15) is 26.7 Å². The molecule has 0 fully saturated rings. The monoisotopic (exact) mass is 246 g/mol. The molecule has 3 N–H and O–H groups in total. The number of nitrogens with zero attached hydrogens (tertiary/aromatic N) is 2. The fraction of sp³-hybridized carbons (Fsp3) is 0.500. The van der Waals surface area contributed by atoms with E-state index in [1.54, 1.807) is 0 Å². The Morgan fingerprint density at radius 1 is 1.39 bits per heavy atom. The Balaban J connectivity index is 2.16. The molecule has 1 aromatic heterocycles. The second kappa shape index (κ2) is 5.98. The lowest BCUT2D eigenvalue weighted by Gasteiger charge is -2.23. The quantitative estimate of drug-likeness (QED) is 0.607. The van der Waals surface area contributed by atoms with Crippen LogP contribution in [-0.4, -0.2) is 15.6 Å². The number of rotatable bonds is 6. The van der Waals surface area contributed by atoms with Gasteiger partial charge in [0.25, 0.3) is 0 Å². The summed E-state index contributed by atoms with van der Waals surface area (Å²) in [6, 6.07) is 8.47. The number of fused-ring (bicyclic) bond motifs is 1.